The number of ether oxygens (including phenoxy) is 1. The third-order valence-corrected chi connectivity index (χ3v) is 2.49. The third-order valence-electron chi connectivity index (χ3n) is 2.49. The highest BCUT2D eigenvalue weighted by atomic mass is 19.4. The van der Waals surface area contributed by atoms with Gasteiger partial charge in [-0.15, -0.1) is 19.6 Å². The number of rotatable bonds is 2. The van der Waals surface area contributed by atoms with Crippen LogP contribution in [-0.4, -0.2) is 6.36 Å². The highest BCUT2D eigenvalue weighted by molar-refractivity contribution is 5.71. The molecule has 0 aliphatic rings. The van der Waals surface area contributed by atoms with E-state index in [1.165, 1.54) is 24.3 Å². The summed E-state index contributed by atoms with van der Waals surface area (Å²) in [5.41, 5.74) is 0.570. The van der Waals surface area contributed by atoms with Crippen LogP contribution in [0.15, 0.2) is 42.5 Å². The number of alkyl halides is 3. The fourth-order valence-corrected chi connectivity index (χ4v) is 1.75. The first-order valence-corrected chi connectivity index (χ1v) is 5.51. The summed E-state index contributed by atoms with van der Waals surface area (Å²) < 4.78 is 54.3. The Morgan fingerprint density at radius 1 is 1.05 bits per heavy atom. The van der Waals surface area contributed by atoms with Crippen molar-refractivity contribution in [2.75, 3.05) is 0 Å². The van der Waals surface area contributed by atoms with E-state index < -0.39 is 17.9 Å². The summed E-state index contributed by atoms with van der Waals surface area (Å²) in [5, 5.41) is 0. The Balaban J connectivity index is 2.53. The van der Waals surface area contributed by atoms with Crippen LogP contribution in [0.5, 0.6) is 5.75 Å². The van der Waals surface area contributed by atoms with Crippen molar-refractivity contribution in [3.63, 3.8) is 0 Å². The highest BCUT2D eigenvalue weighted by Gasteiger charge is 2.32. The first-order chi connectivity index (χ1) is 9.39. The Hall–Kier alpha value is -2.48. The van der Waals surface area contributed by atoms with Gasteiger partial charge in [-0.2, -0.15) is 0 Å². The number of hydrogen-bond donors (Lipinski definition) is 0. The van der Waals surface area contributed by atoms with Crippen LogP contribution in [0.4, 0.5) is 17.6 Å². The van der Waals surface area contributed by atoms with Crippen LogP contribution < -0.4 is 4.74 Å². The molecule has 0 N–H and O–H groups in total. The van der Waals surface area contributed by atoms with E-state index in [0.717, 1.165) is 18.2 Å². The fraction of sp³-hybridized carbons (Fsp3) is 0.0667. The molecular formula is C15H8F4O. The fourth-order valence-electron chi connectivity index (χ4n) is 1.75. The van der Waals surface area contributed by atoms with E-state index in [1.807, 2.05) is 0 Å². The van der Waals surface area contributed by atoms with E-state index in [9.17, 15) is 17.6 Å². The summed E-state index contributed by atoms with van der Waals surface area (Å²) in [6.45, 7) is 0. The largest absolute Gasteiger partial charge is 0.573 e. The summed E-state index contributed by atoms with van der Waals surface area (Å²) in [6, 6.07) is 9.11. The van der Waals surface area contributed by atoms with Gasteiger partial charge in [-0.1, -0.05) is 24.1 Å². The van der Waals surface area contributed by atoms with E-state index in [0.29, 0.717) is 0 Å². The monoisotopic (exact) mass is 280 g/mol. The number of para-hydroxylation sites is 1. The van der Waals surface area contributed by atoms with Crippen LogP contribution in [-0.2, 0) is 0 Å². The molecule has 0 amide bonds. The summed E-state index contributed by atoms with van der Waals surface area (Å²) in [7, 11) is 0. The average molecular weight is 280 g/mol. The first kappa shape index (κ1) is 13.9. The molecule has 2 aromatic carbocycles. The van der Waals surface area contributed by atoms with Crippen molar-refractivity contribution in [3.8, 4) is 29.2 Å². The van der Waals surface area contributed by atoms with E-state index in [1.54, 1.807) is 0 Å². The SMILES string of the molecule is C#Cc1cc(F)cc(-c2ccccc2OC(F)(F)F)c1. The minimum Gasteiger partial charge on any atom is -0.405 e. The average Bonchev–Trinajstić information content (AvgIpc) is 2.36. The van der Waals surface area contributed by atoms with Crippen molar-refractivity contribution in [2.45, 2.75) is 6.36 Å². The van der Waals surface area contributed by atoms with E-state index in [-0.39, 0.29) is 16.7 Å². The molecule has 102 valence electrons. The summed E-state index contributed by atoms with van der Waals surface area (Å²) in [4.78, 5) is 0. The molecular weight excluding hydrogens is 272 g/mol. The van der Waals surface area contributed by atoms with Gasteiger partial charge in [-0.3, -0.25) is 0 Å². The first-order valence-electron chi connectivity index (χ1n) is 5.51. The van der Waals surface area contributed by atoms with Crippen LogP contribution in [0.2, 0.25) is 0 Å². The predicted molar refractivity (Wildman–Crippen MR) is 66.5 cm³/mol. The van der Waals surface area contributed by atoms with Gasteiger partial charge in [0.2, 0.25) is 0 Å². The second-order valence-corrected chi connectivity index (χ2v) is 3.92. The Labute approximate surface area is 112 Å². The molecule has 1 nitrogen and oxygen atoms in total. The van der Waals surface area contributed by atoms with Crippen molar-refractivity contribution in [2.24, 2.45) is 0 Å². The van der Waals surface area contributed by atoms with E-state index in [2.05, 4.69) is 10.7 Å². The van der Waals surface area contributed by atoms with E-state index in [4.69, 9.17) is 6.42 Å². The second kappa shape index (κ2) is 5.25. The van der Waals surface area contributed by atoms with Gasteiger partial charge in [-0.05, 0) is 29.8 Å². The number of terminal acetylenes is 1. The molecule has 0 unspecified atom stereocenters. The summed E-state index contributed by atoms with van der Waals surface area (Å²) >= 11 is 0. The van der Waals surface area contributed by atoms with Crippen molar-refractivity contribution < 1.29 is 22.3 Å². The van der Waals surface area contributed by atoms with Crippen LogP contribution in [0.25, 0.3) is 11.1 Å². The van der Waals surface area contributed by atoms with Crippen LogP contribution in [0.1, 0.15) is 5.56 Å². The van der Waals surface area contributed by atoms with Gasteiger partial charge < -0.3 is 4.74 Å². The van der Waals surface area contributed by atoms with Crippen LogP contribution in [0.3, 0.4) is 0 Å². The number of benzene rings is 2. The quantitative estimate of drug-likeness (QED) is 0.586. The van der Waals surface area contributed by atoms with Gasteiger partial charge in [0.15, 0.2) is 0 Å². The molecule has 0 aromatic heterocycles. The van der Waals surface area contributed by atoms with Crippen molar-refractivity contribution >= 4 is 0 Å². The van der Waals surface area contributed by atoms with Gasteiger partial charge in [0, 0.05) is 11.1 Å². The molecule has 0 aliphatic carbocycles. The molecule has 0 spiro atoms. The predicted octanol–water partition coefficient (Wildman–Crippen LogP) is 4.37. The van der Waals surface area contributed by atoms with Crippen molar-refractivity contribution in [1.29, 1.82) is 0 Å². The maximum absolute atomic E-state index is 13.4. The van der Waals surface area contributed by atoms with Crippen molar-refractivity contribution in [1.82, 2.24) is 0 Å². The lowest BCUT2D eigenvalue weighted by Gasteiger charge is -2.13. The Morgan fingerprint density at radius 3 is 2.40 bits per heavy atom. The Bertz CT molecular complexity index is 668. The highest BCUT2D eigenvalue weighted by Crippen LogP contribution is 2.34. The van der Waals surface area contributed by atoms with Gasteiger partial charge in [-0.25, -0.2) is 4.39 Å². The lowest BCUT2D eigenvalue weighted by Crippen LogP contribution is -2.17. The molecule has 2 rings (SSSR count). The molecule has 20 heavy (non-hydrogen) atoms. The zero-order valence-electron chi connectivity index (χ0n) is 10.0. The molecule has 0 atom stereocenters. The summed E-state index contributed by atoms with van der Waals surface area (Å²) in [5.74, 6) is 1.21. The van der Waals surface area contributed by atoms with Gasteiger partial charge >= 0.3 is 6.36 Å². The third kappa shape index (κ3) is 3.29. The molecule has 0 saturated heterocycles. The lowest BCUT2D eigenvalue weighted by molar-refractivity contribution is -0.274. The zero-order valence-corrected chi connectivity index (χ0v) is 10.0. The second-order valence-electron chi connectivity index (χ2n) is 3.92. The van der Waals surface area contributed by atoms with Gasteiger partial charge in [0.1, 0.15) is 11.6 Å². The van der Waals surface area contributed by atoms with Crippen molar-refractivity contribution in [3.05, 3.63) is 53.8 Å². The van der Waals surface area contributed by atoms with Gasteiger partial charge in [0.05, 0.1) is 0 Å². The Kier molecular flexibility index (Phi) is 3.66. The molecule has 0 aliphatic heterocycles. The van der Waals surface area contributed by atoms with Crippen LogP contribution in [0, 0.1) is 18.2 Å². The maximum atomic E-state index is 13.4. The number of halogens is 4. The molecule has 5 heteroatoms. The molecule has 2 aromatic rings. The number of hydrogen-bond acceptors (Lipinski definition) is 1. The molecule has 0 radical (unpaired) electrons. The molecule has 0 bridgehead atoms. The minimum atomic E-state index is -4.82. The maximum Gasteiger partial charge on any atom is 0.573 e. The van der Waals surface area contributed by atoms with E-state index >= 15 is 0 Å². The normalized spacial score (nSPS) is 10.9. The van der Waals surface area contributed by atoms with Crippen LogP contribution >= 0.6 is 0 Å². The molecule has 0 heterocycles. The standard InChI is InChI=1S/C15H8F4O/c1-2-10-7-11(9-12(16)8-10)13-5-3-4-6-14(13)20-15(17,18)19/h1,3-9H. The summed E-state index contributed by atoms with van der Waals surface area (Å²) in [6.07, 6.45) is 0.357. The van der Waals surface area contributed by atoms with Gasteiger partial charge in [0.25, 0.3) is 0 Å². The molecule has 0 saturated carbocycles. The topological polar surface area (TPSA) is 9.23 Å². The lowest BCUT2D eigenvalue weighted by atomic mass is 10.0. The zero-order chi connectivity index (χ0) is 14.8. The minimum absolute atomic E-state index is 0.112. The molecule has 0 fully saturated rings. The smallest absolute Gasteiger partial charge is 0.405 e. The Morgan fingerprint density at radius 2 is 1.75 bits per heavy atom.